The van der Waals surface area contributed by atoms with Crippen LogP contribution in [0.2, 0.25) is 0 Å². The average molecular weight is 217 g/mol. The van der Waals surface area contributed by atoms with E-state index in [1.807, 2.05) is 4.57 Å². The van der Waals surface area contributed by atoms with Gasteiger partial charge in [-0.05, 0) is 19.3 Å². The van der Waals surface area contributed by atoms with Gasteiger partial charge in [-0.3, -0.25) is 0 Å². The molecule has 0 amide bonds. The number of aromatic nitrogens is 2. The van der Waals surface area contributed by atoms with Gasteiger partial charge in [0.1, 0.15) is 11.6 Å². The Morgan fingerprint density at radius 1 is 1.56 bits per heavy atom. The number of nitrogen functional groups attached to an aromatic ring is 1. The van der Waals surface area contributed by atoms with Gasteiger partial charge in [0.2, 0.25) is 0 Å². The Balaban J connectivity index is 2.32. The molecule has 0 bridgehead atoms. The van der Waals surface area contributed by atoms with E-state index in [0.717, 1.165) is 30.2 Å². The molecule has 0 aliphatic heterocycles. The summed E-state index contributed by atoms with van der Waals surface area (Å²) in [6.07, 6.45) is 11.2. The average Bonchev–Trinajstić information content (AvgIpc) is 2.46. The van der Waals surface area contributed by atoms with Crippen molar-refractivity contribution >= 4 is 5.82 Å². The van der Waals surface area contributed by atoms with Gasteiger partial charge in [0.25, 0.3) is 0 Å². The maximum atomic E-state index is 6.14. The number of hydrogen-bond donors (Lipinski definition) is 1. The summed E-state index contributed by atoms with van der Waals surface area (Å²) >= 11 is 0. The van der Waals surface area contributed by atoms with Crippen LogP contribution in [0, 0.1) is 12.3 Å². The summed E-state index contributed by atoms with van der Waals surface area (Å²) in [6, 6.07) is 0. The van der Waals surface area contributed by atoms with Crippen molar-refractivity contribution in [2.75, 3.05) is 5.73 Å². The van der Waals surface area contributed by atoms with E-state index in [1.54, 1.807) is 0 Å². The summed E-state index contributed by atoms with van der Waals surface area (Å²) in [5.74, 6) is 5.09. The van der Waals surface area contributed by atoms with Crippen molar-refractivity contribution in [2.45, 2.75) is 51.5 Å². The molecule has 1 aliphatic carbocycles. The molecule has 86 valence electrons. The fraction of sp³-hybridized carbons (Fsp3) is 0.615. The van der Waals surface area contributed by atoms with Crippen molar-refractivity contribution < 1.29 is 0 Å². The first-order valence-corrected chi connectivity index (χ1v) is 6.06. The maximum absolute atomic E-state index is 6.14. The molecule has 1 aromatic heterocycles. The lowest BCUT2D eigenvalue weighted by Gasteiger charge is -2.23. The van der Waals surface area contributed by atoms with Crippen LogP contribution in [0.25, 0.3) is 0 Å². The largest absolute Gasteiger partial charge is 0.384 e. The van der Waals surface area contributed by atoms with E-state index >= 15 is 0 Å². The van der Waals surface area contributed by atoms with Crippen LogP contribution >= 0.6 is 0 Å². The molecule has 3 nitrogen and oxygen atoms in total. The molecular formula is C13H19N3. The normalized spacial score (nSPS) is 15.8. The Hall–Kier alpha value is -1.43. The summed E-state index contributed by atoms with van der Waals surface area (Å²) in [4.78, 5) is 4.68. The molecule has 0 unspecified atom stereocenters. The summed E-state index contributed by atoms with van der Waals surface area (Å²) in [5.41, 5.74) is 7.22. The van der Waals surface area contributed by atoms with Gasteiger partial charge in [-0.2, -0.15) is 0 Å². The number of nitrogens with zero attached hydrogens (tertiary/aromatic N) is 2. The highest BCUT2D eigenvalue weighted by Crippen LogP contribution is 2.38. The lowest BCUT2D eigenvalue weighted by molar-refractivity contribution is 0.413. The first kappa shape index (κ1) is 11.1. The second kappa shape index (κ2) is 4.61. The van der Waals surface area contributed by atoms with Gasteiger partial charge in [0.15, 0.2) is 0 Å². The van der Waals surface area contributed by atoms with Crippen LogP contribution in [-0.2, 0) is 13.0 Å². The van der Waals surface area contributed by atoms with E-state index in [0.29, 0.717) is 12.5 Å². The highest BCUT2D eigenvalue weighted by molar-refractivity contribution is 5.42. The van der Waals surface area contributed by atoms with Crippen LogP contribution in [0.3, 0.4) is 0 Å². The number of hydrogen-bond acceptors (Lipinski definition) is 2. The minimum Gasteiger partial charge on any atom is -0.384 e. The first-order valence-electron chi connectivity index (χ1n) is 6.06. The molecule has 0 aromatic carbocycles. The number of nitrogens with two attached hydrogens (primary N) is 1. The molecule has 1 fully saturated rings. The third-order valence-electron chi connectivity index (χ3n) is 3.33. The van der Waals surface area contributed by atoms with Crippen LogP contribution in [0.4, 0.5) is 5.82 Å². The molecule has 0 spiro atoms. The lowest BCUT2D eigenvalue weighted by atomic mass is 9.83. The fourth-order valence-electron chi connectivity index (χ4n) is 2.20. The highest BCUT2D eigenvalue weighted by Gasteiger charge is 2.26. The molecule has 1 aromatic rings. The van der Waals surface area contributed by atoms with Gasteiger partial charge in [0.05, 0.1) is 12.2 Å². The van der Waals surface area contributed by atoms with Gasteiger partial charge < -0.3 is 10.3 Å². The molecule has 0 saturated heterocycles. The molecular weight excluding hydrogens is 198 g/mol. The second-order valence-electron chi connectivity index (χ2n) is 4.47. The molecule has 1 saturated carbocycles. The summed E-state index contributed by atoms with van der Waals surface area (Å²) in [7, 11) is 0. The maximum Gasteiger partial charge on any atom is 0.127 e. The van der Waals surface area contributed by atoms with Gasteiger partial charge in [0, 0.05) is 12.3 Å². The Labute approximate surface area is 97.1 Å². The summed E-state index contributed by atoms with van der Waals surface area (Å²) in [6.45, 7) is 2.69. The van der Waals surface area contributed by atoms with E-state index in [-0.39, 0.29) is 0 Å². The van der Waals surface area contributed by atoms with Crippen LogP contribution in [-0.4, -0.2) is 9.55 Å². The number of rotatable bonds is 4. The smallest absolute Gasteiger partial charge is 0.127 e. The third-order valence-corrected chi connectivity index (χ3v) is 3.33. The van der Waals surface area contributed by atoms with Crippen molar-refractivity contribution in [3.63, 3.8) is 0 Å². The third kappa shape index (κ3) is 1.80. The Morgan fingerprint density at radius 3 is 2.81 bits per heavy atom. The zero-order chi connectivity index (χ0) is 11.5. The fourth-order valence-corrected chi connectivity index (χ4v) is 2.20. The molecule has 1 aliphatic rings. The second-order valence-corrected chi connectivity index (χ2v) is 4.47. The zero-order valence-electron chi connectivity index (χ0n) is 9.87. The van der Waals surface area contributed by atoms with Crippen molar-refractivity contribution in [3.8, 4) is 12.3 Å². The van der Waals surface area contributed by atoms with E-state index < -0.39 is 0 Å². The standard InChI is InChI=1S/C13H19N3/c1-3-6-11-15-12(10-7-5-8-10)13(14)16(11)9-4-2/h2,10H,3,5-9,14H2,1H3. The predicted octanol–water partition coefficient (Wildman–Crippen LogP) is 2.32. The van der Waals surface area contributed by atoms with Crippen LogP contribution in [0.15, 0.2) is 0 Å². The molecule has 2 N–H and O–H groups in total. The number of imidazole rings is 1. The number of terminal acetylenes is 1. The minimum absolute atomic E-state index is 0.543. The number of aryl methyl sites for hydroxylation is 1. The zero-order valence-corrected chi connectivity index (χ0v) is 9.87. The molecule has 0 radical (unpaired) electrons. The minimum atomic E-state index is 0.543. The van der Waals surface area contributed by atoms with E-state index in [2.05, 4.69) is 17.8 Å². The van der Waals surface area contributed by atoms with Gasteiger partial charge >= 0.3 is 0 Å². The highest BCUT2D eigenvalue weighted by atomic mass is 15.1. The van der Waals surface area contributed by atoms with E-state index in [4.69, 9.17) is 12.2 Å². The molecule has 0 atom stereocenters. The molecule has 2 rings (SSSR count). The predicted molar refractivity (Wildman–Crippen MR) is 66.1 cm³/mol. The van der Waals surface area contributed by atoms with Crippen molar-refractivity contribution in [1.82, 2.24) is 9.55 Å². The number of anilines is 1. The Morgan fingerprint density at radius 2 is 2.31 bits per heavy atom. The monoisotopic (exact) mass is 217 g/mol. The van der Waals surface area contributed by atoms with Crippen molar-refractivity contribution in [3.05, 3.63) is 11.5 Å². The summed E-state index contributed by atoms with van der Waals surface area (Å²) in [5, 5.41) is 0. The van der Waals surface area contributed by atoms with Gasteiger partial charge in [-0.15, -0.1) is 6.42 Å². The van der Waals surface area contributed by atoms with E-state index in [1.165, 1.54) is 19.3 Å². The van der Waals surface area contributed by atoms with Gasteiger partial charge in [-0.25, -0.2) is 4.98 Å². The lowest BCUT2D eigenvalue weighted by Crippen LogP contribution is -2.12. The van der Waals surface area contributed by atoms with Crippen molar-refractivity contribution in [1.29, 1.82) is 0 Å². The van der Waals surface area contributed by atoms with Crippen molar-refractivity contribution in [2.24, 2.45) is 0 Å². The Bertz CT molecular complexity index is 408. The molecule has 1 heterocycles. The summed E-state index contributed by atoms with van der Waals surface area (Å²) < 4.78 is 2.00. The first-order chi connectivity index (χ1) is 7.77. The van der Waals surface area contributed by atoms with E-state index in [9.17, 15) is 0 Å². The Kier molecular flexibility index (Phi) is 3.19. The topological polar surface area (TPSA) is 43.8 Å². The van der Waals surface area contributed by atoms with Crippen LogP contribution in [0.1, 0.15) is 50.0 Å². The molecule has 3 heteroatoms. The van der Waals surface area contributed by atoms with Crippen LogP contribution in [0.5, 0.6) is 0 Å². The van der Waals surface area contributed by atoms with Gasteiger partial charge in [-0.1, -0.05) is 19.3 Å². The quantitative estimate of drug-likeness (QED) is 0.787. The SMILES string of the molecule is C#CCn1c(CCC)nc(C2CCC2)c1N. The molecule has 16 heavy (non-hydrogen) atoms. The van der Waals surface area contributed by atoms with Crippen LogP contribution < -0.4 is 5.73 Å².